The second-order valence-corrected chi connectivity index (χ2v) is 8.05. The van der Waals surface area contributed by atoms with Crippen molar-refractivity contribution in [3.8, 4) is 0 Å². The number of methoxy groups -OCH3 is 1. The average Bonchev–Trinajstić information content (AvgIpc) is 3.28. The number of urea groups is 1. The highest BCUT2D eigenvalue weighted by Crippen LogP contribution is 2.28. The van der Waals surface area contributed by atoms with Gasteiger partial charge in [0.25, 0.3) is 5.91 Å². The van der Waals surface area contributed by atoms with E-state index in [0.717, 1.165) is 38.0 Å². The molecule has 0 unspecified atom stereocenters. The van der Waals surface area contributed by atoms with Crippen LogP contribution in [0.15, 0.2) is 36.4 Å². The Kier molecular flexibility index (Phi) is 8.40. The molecule has 0 saturated carbocycles. The van der Waals surface area contributed by atoms with Gasteiger partial charge in [0.1, 0.15) is 0 Å². The molecule has 7 nitrogen and oxygen atoms in total. The third-order valence-electron chi connectivity index (χ3n) is 4.93. The predicted octanol–water partition coefficient (Wildman–Crippen LogP) is 5.00. The molecule has 3 N–H and O–H groups in total. The van der Waals surface area contributed by atoms with Crippen LogP contribution in [-0.2, 0) is 4.74 Å². The van der Waals surface area contributed by atoms with Crippen molar-refractivity contribution in [2.24, 2.45) is 0 Å². The topological polar surface area (TPSA) is 82.7 Å². The van der Waals surface area contributed by atoms with Gasteiger partial charge in [-0.15, -0.1) is 0 Å². The fourth-order valence-electron chi connectivity index (χ4n) is 3.41. The number of carbonyl (C=O) groups is 2. The van der Waals surface area contributed by atoms with Gasteiger partial charge in [-0.2, -0.15) is 0 Å². The van der Waals surface area contributed by atoms with E-state index in [0.29, 0.717) is 40.1 Å². The Hall–Kier alpha value is -2.48. The summed E-state index contributed by atoms with van der Waals surface area (Å²) < 4.78 is 5.03. The van der Waals surface area contributed by atoms with E-state index < -0.39 is 6.03 Å². The van der Waals surface area contributed by atoms with Gasteiger partial charge in [0.05, 0.1) is 15.6 Å². The van der Waals surface area contributed by atoms with Crippen LogP contribution < -0.4 is 20.9 Å². The molecule has 9 heteroatoms. The number of nitrogens with zero attached hydrogens (tertiary/aromatic N) is 1. The van der Waals surface area contributed by atoms with Gasteiger partial charge in [-0.1, -0.05) is 23.2 Å². The van der Waals surface area contributed by atoms with E-state index in [1.807, 2.05) is 6.07 Å². The second-order valence-electron chi connectivity index (χ2n) is 7.24. The van der Waals surface area contributed by atoms with Crippen molar-refractivity contribution in [3.05, 3.63) is 52.0 Å². The molecule has 166 valence electrons. The summed E-state index contributed by atoms with van der Waals surface area (Å²) in [4.78, 5) is 27.5. The van der Waals surface area contributed by atoms with E-state index >= 15 is 0 Å². The molecule has 1 fully saturated rings. The van der Waals surface area contributed by atoms with Crippen molar-refractivity contribution in [3.63, 3.8) is 0 Å². The molecule has 3 rings (SSSR count). The first kappa shape index (κ1) is 23.2. The van der Waals surface area contributed by atoms with E-state index in [1.54, 1.807) is 37.4 Å². The van der Waals surface area contributed by atoms with Gasteiger partial charge in [0.2, 0.25) is 0 Å². The Labute approximate surface area is 192 Å². The van der Waals surface area contributed by atoms with Crippen molar-refractivity contribution in [1.82, 2.24) is 5.32 Å². The molecule has 0 aromatic heterocycles. The summed E-state index contributed by atoms with van der Waals surface area (Å²) in [5.41, 5.74) is 2.43. The third-order valence-corrected chi connectivity index (χ3v) is 5.67. The maximum Gasteiger partial charge on any atom is 0.323 e. The summed E-state index contributed by atoms with van der Waals surface area (Å²) in [6.45, 7) is 2.92. The van der Waals surface area contributed by atoms with Crippen LogP contribution in [0.4, 0.5) is 21.9 Å². The van der Waals surface area contributed by atoms with Crippen LogP contribution in [0.5, 0.6) is 0 Å². The fraction of sp³-hybridized carbons (Fsp3) is 0.364. The normalized spacial score (nSPS) is 13.2. The number of anilines is 3. The summed E-state index contributed by atoms with van der Waals surface area (Å²) in [7, 11) is 1.63. The number of ether oxygens (including phenoxy) is 1. The predicted molar refractivity (Wildman–Crippen MR) is 126 cm³/mol. The number of benzene rings is 2. The van der Waals surface area contributed by atoms with Crippen molar-refractivity contribution in [2.75, 3.05) is 48.9 Å². The summed E-state index contributed by atoms with van der Waals surface area (Å²) in [6, 6.07) is 9.76. The quantitative estimate of drug-likeness (QED) is 0.479. The van der Waals surface area contributed by atoms with E-state index in [2.05, 4.69) is 20.9 Å². The summed E-state index contributed by atoms with van der Waals surface area (Å²) >= 11 is 11.9. The molecule has 1 aliphatic heterocycles. The zero-order valence-corrected chi connectivity index (χ0v) is 18.9. The molecular weight excluding hydrogens is 439 g/mol. The minimum absolute atomic E-state index is 0.174. The van der Waals surface area contributed by atoms with Gasteiger partial charge in [-0.3, -0.25) is 4.79 Å². The SMILES string of the molecule is COCCCNC(=O)c1cc(NC(=O)Nc2ccc(Cl)c(Cl)c2)ccc1N1CCCC1. The lowest BCUT2D eigenvalue weighted by Gasteiger charge is -2.22. The zero-order valence-electron chi connectivity index (χ0n) is 17.3. The van der Waals surface area contributed by atoms with Crippen LogP contribution in [0.25, 0.3) is 0 Å². The Morgan fingerprint density at radius 1 is 1.00 bits per heavy atom. The van der Waals surface area contributed by atoms with Crippen molar-refractivity contribution < 1.29 is 14.3 Å². The maximum atomic E-state index is 12.8. The lowest BCUT2D eigenvalue weighted by Crippen LogP contribution is -2.29. The number of hydrogen-bond acceptors (Lipinski definition) is 4. The molecule has 3 amide bonds. The standard InChI is InChI=1S/C22H26Cl2N4O3/c1-31-12-4-9-25-21(29)17-13-15(6-8-20(17)28-10-2-3-11-28)26-22(30)27-16-5-7-18(23)19(24)14-16/h5-8,13-14H,2-4,9-12H2,1H3,(H,25,29)(H2,26,27,30). The Morgan fingerprint density at radius 3 is 2.35 bits per heavy atom. The van der Waals surface area contributed by atoms with E-state index in [-0.39, 0.29) is 5.91 Å². The van der Waals surface area contributed by atoms with Crippen LogP contribution in [-0.4, -0.2) is 45.3 Å². The first-order valence-electron chi connectivity index (χ1n) is 10.2. The van der Waals surface area contributed by atoms with Crippen molar-refractivity contribution in [2.45, 2.75) is 19.3 Å². The zero-order chi connectivity index (χ0) is 22.2. The van der Waals surface area contributed by atoms with Crippen LogP contribution in [0, 0.1) is 0 Å². The van der Waals surface area contributed by atoms with Gasteiger partial charge in [0.15, 0.2) is 0 Å². The van der Waals surface area contributed by atoms with Gasteiger partial charge >= 0.3 is 6.03 Å². The fourth-order valence-corrected chi connectivity index (χ4v) is 3.71. The van der Waals surface area contributed by atoms with Crippen LogP contribution in [0.3, 0.4) is 0 Å². The van der Waals surface area contributed by atoms with Gasteiger partial charge in [0, 0.05) is 50.4 Å². The van der Waals surface area contributed by atoms with Gasteiger partial charge in [-0.25, -0.2) is 4.79 Å². The van der Waals surface area contributed by atoms with Crippen molar-refractivity contribution >= 4 is 52.2 Å². The minimum atomic E-state index is -0.446. The second kappa shape index (κ2) is 11.2. The number of hydrogen-bond donors (Lipinski definition) is 3. The minimum Gasteiger partial charge on any atom is -0.385 e. The monoisotopic (exact) mass is 464 g/mol. The molecule has 0 aliphatic carbocycles. The molecule has 0 atom stereocenters. The van der Waals surface area contributed by atoms with E-state index in [9.17, 15) is 9.59 Å². The number of halogens is 2. The highest BCUT2D eigenvalue weighted by atomic mass is 35.5. The van der Waals surface area contributed by atoms with Gasteiger partial charge in [-0.05, 0) is 55.7 Å². The molecule has 31 heavy (non-hydrogen) atoms. The van der Waals surface area contributed by atoms with Crippen LogP contribution >= 0.6 is 23.2 Å². The van der Waals surface area contributed by atoms with Crippen LogP contribution in [0.1, 0.15) is 29.6 Å². The molecule has 0 spiro atoms. The van der Waals surface area contributed by atoms with E-state index in [4.69, 9.17) is 27.9 Å². The van der Waals surface area contributed by atoms with Crippen LogP contribution in [0.2, 0.25) is 10.0 Å². The first-order chi connectivity index (χ1) is 15.0. The lowest BCUT2D eigenvalue weighted by molar-refractivity contribution is 0.0949. The highest BCUT2D eigenvalue weighted by molar-refractivity contribution is 6.42. The molecule has 1 heterocycles. The molecule has 0 bridgehead atoms. The molecular formula is C22H26Cl2N4O3. The molecule has 2 aromatic carbocycles. The number of nitrogens with one attached hydrogen (secondary N) is 3. The third kappa shape index (κ3) is 6.50. The molecule has 1 aliphatic rings. The Balaban J connectivity index is 1.73. The van der Waals surface area contributed by atoms with Gasteiger partial charge < -0.3 is 25.6 Å². The summed E-state index contributed by atoms with van der Waals surface area (Å²) in [5.74, 6) is -0.174. The number of amides is 3. The molecule has 0 radical (unpaired) electrons. The average molecular weight is 465 g/mol. The Morgan fingerprint density at radius 2 is 1.68 bits per heavy atom. The Bertz CT molecular complexity index is 933. The highest BCUT2D eigenvalue weighted by Gasteiger charge is 2.20. The summed E-state index contributed by atoms with van der Waals surface area (Å²) in [5, 5.41) is 9.16. The van der Waals surface area contributed by atoms with E-state index in [1.165, 1.54) is 0 Å². The molecule has 2 aromatic rings. The molecule has 1 saturated heterocycles. The smallest absolute Gasteiger partial charge is 0.323 e. The van der Waals surface area contributed by atoms with Crippen molar-refractivity contribution in [1.29, 1.82) is 0 Å². The largest absolute Gasteiger partial charge is 0.385 e. The maximum absolute atomic E-state index is 12.8. The summed E-state index contributed by atoms with van der Waals surface area (Å²) in [6.07, 6.45) is 2.92. The lowest BCUT2D eigenvalue weighted by atomic mass is 10.1. The number of carbonyl (C=O) groups excluding carboxylic acids is 2. The first-order valence-corrected chi connectivity index (χ1v) is 10.9. The number of rotatable bonds is 8.